The second-order valence-electron chi connectivity index (χ2n) is 7.57. The number of aryl methyl sites for hydroxylation is 1. The van der Waals surface area contributed by atoms with Crippen molar-refractivity contribution in [1.29, 1.82) is 0 Å². The van der Waals surface area contributed by atoms with Crippen LogP contribution in [0, 0.1) is 0 Å². The maximum absolute atomic E-state index is 5.49. The topological polar surface area (TPSA) is 27.1 Å². The molecule has 0 atom stereocenters. The van der Waals surface area contributed by atoms with Crippen LogP contribution in [-0.2, 0) is 7.05 Å². The molecule has 1 aromatic carbocycles. The zero-order valence-electron chi connectivity index (χ0n) is 17.4. The van der Waals surface area contributed by atoms with Crippen LogP contribution in [0.5, 0.6) is 5.75 Å². The third-order valence-electron chi connectivity index (χ3n) is 5.47. The van der Waals surface area contributed by atoms with Crippen LogP contribution >= 0.6 is 0 Å². The molecule has 0 saturated heterocycles. The molecule has 4 heteroatoms. The summed E-state index contributed by atoms with van der Waals surface area (Å²) in [4.78, 5) is 0. The number of hydrogen-bond donors (Lipinski definition) is 0. The fourth-order valence-corrected chi connectivity index (χ4v) is 9.37. The molecule has 0 aliphatic heterocycles. The molecule has 1 heterocycles. The molecule has 2 rings (SSSR count). The van der Waals surface area contributed by atoms with Gasteiger partial charge >= 0.3 is 170 Å². The van der Waals surface area contributed by atoms with Gasteiger partial charge in [0.05, 0.1) is 0 Å². The standard InChI is InChI=1S/C13H27.C9H9N2O.Sn/c1-4-7-10-13(11-8-5-2)12-9-6-3;1-11-9-4-3-8(12-2)5-7(9)6-10-11;/h4-12H2,1-3H3;3-5H,1-2H3;. The molecule has 2 aromatic rings. The van der Waals surface area contributed by atoms with Crippen molar-refractivity contribution in [3.63, 3.8) is 0 Å². The van der Waals surface area contributed by atoms with Gasteiger partial charge in [0.15, 0.2) is 0 Å². The van der Waals surface area contributed by atoms with Crippen LogP contribution < -0.4 is 8.45 Å². The first-order valence-corrected chi connectivity index (χ1v) is 13.2. The number of unbranched alkanes of at least 4 members (excludes halogenated alkanes) is 3. The van der Waals surface area contributed by atoms with E-state index in [1.165, 1.54) is 72.4 Å². The van der Waals surface area contributed by atoms with Crippen molar-refractivity contribution in [3.05, 3.63) is 18.2 Å². The van der Waals surface area contributed by atoms with Crippen LogP contribution in [-0.4, -0.2) is 38.0 Å². The summed E-state index contributed by atoms with van der Waals surface area (Å²) < 4.78 is 9.56. The van der Waals surface area contributed by atoms with Gasteiger partial charge in [-0.2, -0.15) is 0 Å². The Kier molecular flexibility index (Phi) is 8.78. The van der Waals surface area contributed by atoms with E-state index >= 15 is 0 Å². The molecule has 0 amide bonds. The van der Waals surface area contributed by atoms with Gasteiger partial charge in [0.2, 0.25) is 0 Å². The van der Waals surface area contributed by atoms with Gasteiger partial charge in [0, 0.05) is 0 Å². The predicted octanol–water partition coefficient (Wildman–Crippen LogP) is 5.64. The molecule has 0 fully saturated rings. The minimum atomic E-state index is -0.830. The van der Waals surface area contributed by atoms with Crippen LogP contribution in [0.15, 0.2) is 18.2 Å². The van der Waals surface area contributed by atoms with Crippen molar-refractivity contribution in [3.8, 4) is 5.75 Å². The zero-order valence-corrected chi connectivity index (χ0v) is 20.3. The first kappa shape index (κ1) is 21.6. The predicted molar refractivity (Wildman–Crippen MR) is 114 cm³/mol. The Morgan fingerprint density at radius 3 is 2.08 bits per heavy atom. The van der Waals surface area contributed by atoms with Crippen molar-refractivity contribution in [2.45, 2.75) is 82.0 Å². The van der Waals surface area contributed by atoms with E-state index in [-0.39, 0.29) is 0 Å². The summed E-state index contributed by atoms with van der Waals surface area (Å²) in [6.45, 7) is 6.99. The third-order valence-corrected chi connectivity index (χ3v) is 10.9. The van der Waals surface area contributed by atoms with E-state index in [2.05, 4.69) is 50.7 Å². The molecule has 0 saturated carbocycles. The van der Waals surface area contributed by atoms with E-state index in [0.717, 1.165) is 5.75 Å². The summed E-state index contributed by atoms with van der Waals surface area (Å²) in [5, 5.41) is 6.35. The van der Waals surface area contributed by atoms with E-state index in [1.807, 2.05) is 0 Å². The Morgan fingerprint density at radius 1 is 1.00 bits per heavy atom. The molecule has 0 spiro atoms. The Labute approximate surface area is 170 Å². The number of hydrogen-bond acceptors (Lipinski definition) is 2. The second-order valence-corrected chi connectivity index (χ2v) is 12.7. The van der Waals surface area contributed by atoms with E-state index in [4.69, 9.17) is 9.84 Å². The van der Waals surface area contributed by atoms with Gasteiger partial charge < -0.3 is 0 Å². The second kappa shape index (κ2) is 10.6. The maximum atomic E-state index is 5.49. The zero-order chi connectivity index (χ0) is 19.0. The molecule has 26 heavy (non-hydrogen) atoms. The van der Waals surface area contributed by atoms with Gasteiger partial charge in [0.25, 0.3) is 0 Å². The molecule has 0 bridgehead atoms. The molecule has 0 N–H and O–H groups in total. The van der Waals surface area contributed by atoms with Crippen LogP contribution in [0.25, 0.3) is 10.9 Å². The van der Waals surface area contributed by atoms with Crippen molar-refractivity contribution in [2.24, 2.45) is 7.05 Å². The Balaban J connectivity index is 2.40. The van der Waals surface area contributed by atoms with E-state index in [9.17, 15) is 0 Å². The van der Waals surface area contributed by atoms with E-state index in [0.29, 0.717) is 3.43 Å². The molecule has 0 unspecified atom stereocenters. The molecular formula is C22H36N2OSn. The average molecular weight is 463 g/mol. The summed E-state index contributed by atoms with van der Waals surface area (Å²) in [6.07, 6.45) is 12.2. The number of fused-ring (bicyclic) bond motifs is 1. The summed E-state index contributed by atoms with van der Waals surface area (Å²) in [7, 11) is 3.84. The van der Waals surface area contributed by atoms with Crippen molar-refractivity contribution in [2.75, 3.05) is 7.11 Å². The van der Waals surface area contributed by atoms with Crippen LogP contribution in [0.4, 0.5) is 0 Å². The third kappa shape index (κ3) is 5.40. The molecule has 144 valence electrons. The molecular weight excluding hydrogens is 427 g/mol. The number of ether oxygens (including phenoxy) is 1. The Bertz CT molecular complexity index is 658. The van der Waals surface area contributed by atoms with Gasteiger partial charge in [-0.25, -0.2) is 0 Å². The average Bonchev–Trinajstić information content (AvgIpc) is 2.97. The molecule has 0 aliphatic rings. The van der Waals surface area contributed by atoms with Crippen LogP contribution in [0.3, 0.4) is 0 Å². The fraction of sp³-hybridized carbons (Fsp3) is 0.682. The number of benzene rings is 1. The quantitative estimate of drug-likeness (QED) is 0.381. The summed E-state index contributed by atoms with van der Waals surface area (Å²) in [5.41, 5.74) is 1.25. The van der Waals surface area contributed by atoms with Gasteiger partial charge in [0.1, 0.15) is 0 Å². The van der Waals surface area contributed by atoms with Crippen LogP contribution in [0.1, 0.15) is 78.6 Å². The summed E-state index contributed by atoms with van der Waals surface area (Å²) >= 11 is -0.830. The van der Waals surface area contributed by atoms with E-state index in [1.54, 1.807) is 7.11 Å². The number of rotatable bonds is 12. The fourth-order valence-electron chi connectivity index (χ4n) is 3.82. The van der Waals surface area contributed by atoms with Gasteiger partial charge in [-0.05, 0) is 0 Å². The number of methoxy groups -OCH3 is 1. The SMILES string of the molecule is CCCC[C](CCCC)(CCCC)[Sn][c]1nn(C)c2ccc(OC)cc12. The van der Waals surface area contributed by atoms with E-state index < -0.39 is 21.1 Å². The molecule has 2 radical (unpaired) electrons. The number of nitrogens with zero attached hydrogens (tertiary/aromatic N) is 2. The van der Waals surface area contributed by atoms with Crippen molar-refractivity contribution in [1.82, 2.24) is 9.78 Å². The molecule has 0 aliphatic carbocycles. The molecule has 3 nitrogen and oxygen atoms in total. The first-order chi connectivity index (χ1) is 12.6. The van der Waals surface area contributed by atoms with Crippen LogP contribution in [0.2, 0.25) is 3.43 Å². The summed E-state index contributed by atoms with van der Waals surface area (Å²) in [6, 6.07) is 6.43. The van der Waals surface area contributed by atoms with Gasteiger partial charge in [-0.3, -0.25) is 0 Å². The Morgan fingerprint density at radius 2 is 1.58 bits per heavy atom. The monoisotopic (exact) mass is 464 g/mol. The first-order valence-electron chi connectivity index (χ1n) is 10.4. The minimum absolute atomic E-state index is 0.565. The van der Waals surface area contributed by atoms with Crippen molar-refractivity contribution >= 4 is 35.8 Å². The Hall–Kier alpha value is -0.711. The normalized spacial score (nSPS) is 12.0. The van der Waals surface area contributed by atoms with Gasteiger partial charge in [-0.1, -0.05) is 0 Å². The summed E-state index contributed by atoms with van der Waals surface area (Å²) in [5.74, 6) is 0.951. The van der Waals surface area contributed by atoms with Gasteiger partial charge in [-0.15, -0.1) is 0 Å². The number of aromatic nitrogens is 2. The molecule has 1 aromatic heterocycles. The van der Waals surface area contributed by atoms with Crippen molar-refractivity contribution < 1.29 is 4.74 Å².